The van der Waals surface area contributed by atoms with Crippen LogP contribution >= 0.6 is 0 Å². The van der Waals surface area contributed by atoms with E-state index in [2.05, 4.69) is 31.3 Å². The number of carbonyl (C=O) groups is 1. The number of carbonyl (C=O) groups excluding carboxylic acids is 1. The van der Waals surface area contributed by atoms with Crippen molar-refractivity contribution in [1.82, 2.24) is 4.31 Å². The molecule has 2 nitrogen and oxygen atoms in total. The van der Waals surface area contributed by atoms with Crippen molar-refractivity contribution in [3.8, 4) is 0 Å². The average molecular weight is 202 g/mol. The number of hydrogen-bond acceptors (Lipinski definition) is 1. The van der Waals surface area contributed by atoms with Gasteiger partial charge in [-0.2, -0.15) is 4.31 Å². The van der Waals surface area contributed by atoms with Crippen LogP contribution in [0.4, 0.5) is 0 Å². The van der Waals surface area contributed by atoms with E-state index in [1.807, 2.05) is 6.92 Å². The van der Waals surface area contributed by atoms with Gasteiger partial charge in [-0.05, 0) is 27.2 Å². The summed E-state index contributed by atoms with van der Waals surface area (Å²) in [7, 11) is 0. The Kier molecular flexibility index (Phi) is 2.95. The fourth-order valence-corrected chi connectivity index (χ4v) is 2.88. The zero-order valence-electron chi connectivity index (χ0n) is 9.26. The first kappa shape index (κ1) is 10.9. The van der Waals surface area contributed by atoms with Gasteiger partial charge in [0, 0.05) is 5.92 Å². The third-order valence-corrected chi connectivity index (χ3v) is 5.45. The molecule has 3 heteroatoms. The second-order valence-corrected chi connectivity index (χ2v) is 7.34. The first-order valence-corrected chi connectivity index (χ1v) is 6.40. The summed E-state index contributed by atoms with van der Waals surface area (Å²) in [5, 5.41) is 0. The van der Waals surface area contributed by atoms with E-state index in [1.165, 1.54) is 0 Å². The van der Waals surface area contributed by atoms with Crippen molar-refractivity contribution < 1.29 is 4.79 Å². The molecular formula is C10H20NOS+. The summed E-state index contributed by atoms with van der Waals surface area (Å²) in [5.41, 5.74) is 0. The molecule has 0 radical (unpaired) electrons. The predicted molar refractivity (Wildman–Crippen MR) is 58.5 cm³/mol. The zero-order chi connectivity index (χ0) is 10.2. The Hall–Kier alpha value is -0.180. The van der Waals surface area contributed by atoms with Crippen LogP contribution in [0.15, 0.2) is 0 Å². The zero-order valence-corrected chi connectivity index (χ0v) is 10.1. The summed E-state index contributed by atoms with van der Waals surface area (Å²) >= 11 is 0.0704. The molecule has 0 bridgehead atoms. The van der Waals surface area contributed by atoms with Crippen LogP contribution in [0, 0.1) is 5.92 Å². The highest BCUT2D eigenvalue weighted by atomic mass is 32.2. The van der Waals surface area contributed by atoms with E-state index in [1.54, 1.807) is 0 Å². The summed E-state index contributed by atoms with van der Waals surface area (Å²) in [6.45, 7) is 9.59. The first-order chi connectivity index (χ1) is 5.84. The lowest BCUT2D eigenvalue weighted by atomic mass is 10.1. The molecule has 1 aliphatic heterocycles. The Morgan fingerprint density at radius 3 is 2.31 bits per heavy atom. The lowest BCUT2D eigenvalue weighted by molar-refractivity contribution is -0.126. The van der Waals surface area contributed by atoms with Crippen molar-refractivity contribution in [2.75, 3.05) is 12.8 Å². The largest absolute Gasteiger partial charge is 0.270 e. The van der Waals surface area contributed by atoms with Crippen LogP contribution in [0.3, 0.4) is 0 Å². The van der Waals surface area contributed by atoms with E-state index in [0.717, 1.165) is 13.0 Å². The molecule has 1 rings (SSSR count). The Balaban J connectivity index is 2.69. The number of hydrogen-bond donors (Lipinski definition) is 0. The monoisotopic (exact) mass is 202 g/mol. The molecule has 2 unspecified atom stereocenters. The first-order valence-electron chi connectivity index (χ1n) is 4.81. The second-order valence-electron chi connectivity index (χ2n) is 4.72. The number of amides is 1. The average Bonchev–Trinajstić information content (AvgIpc) is 2.30. The summed E-state index contributed by atoms with van der Waals surface area (Å²) in [6.07, 6.45) is 3.21. The van der Waals surface area contributed by atoms with E-state index in [0.29, 0.717) is 5.91 Å². The molecule has 1 fully saturated rings. The molecule has 0 aromatic carbocycles. The van der Waals surface area contributed by atoms with Gasteiger partial charge < -0.3 is 0 Å². The van der Waals surface area contributed by atoms with Crippen molar-refractivity contribution in [3.05, 3.63) is 0 Å². The molecule has 1 saturated heterocycles. The van der Waals surface area contributed by atoms with Gasteiger partial charge in [0.25, 0.3) is 5.91 Å². The van der Waals surface area contributed by atoms with Gasteiger partial charge in [0.1, 0.15) is 22.1 Å². The van der Waals surface area contributed by atoms with Crippen LogP contribution in [0.5, 0.6) is 0 Å². The standard InChI is InChI=1S/C10H20NOS/c1-8-6-7-11(9(8)12)13(5)10(2,3)4/h8H,6-7H2,1-5H3/q+1. The molecule has 1 amide bonds. The molecule has 0 spiro atoms. The van der Waals surface area contributed by atoms with E-state index in [-0.39, 0.29) is 21.7 Å². The molecule has 1 aliphatic rings. The summed E-state index contributed by atoms with van der Waals surface area (Å²) < 4.78 is 2.28. The van der Waals surface area contributed by atoms with Gasteiger partial charge in [-0.1, -0.05) is 6.92 Å². The molecule has 0 aromatic rings. The molecule has 0 saturated carbocycles. The predicted octanol–water partition coefficient (Wildman–Crippen LogP) is 1.82. The van der Waals surface area contributed by atoms with Crippen LogP contribution in [0.25, 0.3) is 0 Å². The molecule has 13 heavy (non-hydrogen) atoms. The van der Waals surface area contributed by atoms with Crippen LogP contribution in [0.2, 0.25) is 0 Å². The Labute approximate surface area is 84.2 Å². The van der Waals surface area contributed by atoms with Crippen molar-refractivity contribution in [3.63, 3.8) is 0 Å². The minimum atomic E-state index is 0.0704. The Morgan fingerprint density at radius 2 is 2.00 bits per heavy atom. The van der Waals surface area contributed by atoms with Crippen molar-refractivity contribution in [2.45, 2.75) is 38.9 Å². The van der Waals surface area contributed by atoms with E-state index >= 15 is 0 Å². The van der Waals surface area contributed by atoms with Crippen molar-refractivity contribution in [1.29, 1.82) is 0 Å². The molecule has 76 valence electrons. The third kappa shape index (κ3) is 2.19. The topological polar surface area (TPSA) is 20.3 Å². The Morgan fingerprint density at radius 1 is 1.46 bits per heavy atom. The van der Waals surface area contributed by atoms with Gasteiger partial charge in [-0.25, -0.2) is 0 Å². The number of nitrogens with zero attached hydrogens (tertiary/aromatic N) is 1. The van der Waals surface area contributed by atoms with Crippen LogP contribution < -0.4 is 0 Å². The van der Waals surface area contributed by atoms with Crippen LogP contribution in [-0.4, -0.2) is 27.8 Å². The quantitative estimate of drug-likeness (QED) is 0.594. The SMILES string of the molecule is CC1CCN([S+](C)C(C)(C)C)C1=O. The minimum Gasteiger partial charge on any atom is -0.270 e. The van der Waals surface area contributed by atoms with Crippen molar-refractivity contribution in [2.24, 2.45) is 5.92 Å². The normalized spacial score (nSPS) is 26.7. The maximum atomic E-state index is 11.7. The summed E-state index contributed by atoms with van der Waals surface area (Å²) in [5.74, 6) is 0.595. The van der Waals surface area contributed by atoms with Gasteiger partial charge in [-0.3, -0.25) is 4.79 Å². The molecule has 0 aromatic heterocycles. The molecule has 2 atom stereocenters. The van der Waals surface area contributed by atoms with E-state index in [9.17, 15) is 4.79 Å². The highest BCUT2D eigenvalue weighted by Gasteiger charge is 2.44. The van der Waals surface area contributed by atoms with Gasteiger partial charge >= 0.3 is 0 Å². The molecule has 1 heterocycles. The fourth-order valence-electron chi connectivity index (χ4n) is 1.39. The molecular weight excluding hydrogens is 182 g/mol. The highest BCUT2D eigenvalue weighted by molar-refractivity contribution is 7.95. The third-order valence-electron chi connectivity index (χ3n) is 2.65. The van der Waals surface area contributed by atoms with E-state index in [4.69, 9.17) is 0 Å². The number of rotatable bonds is 1. The lowest BCUT2D eigenvalue weighted by Crippen LogP contribution is -2.43. The van der Waals surface area contributed by atoms with Crippen LogP contribution in [0.1, 0.15) is 34.1 Å². The minimum absolute atomic E-state index is 0.0704. The Bertz CT molecular complexity index is 209. The van der Waals surface area contributed by atoms with Gasteiger partial charge in [0.05, 0.1) is 6.54 Å². The smallest absolute Gasteiger partial charge is 0.266 e. The van der Waals surface area contributed by atoms with E-state index < -0.39 is 0 Å². The highest BCUT2D eigenvalue weighted by Crippen LogP contribution is 2.27. The van der Waals surface area contributed by atoms with Gasteiger partial charge in [-0.15, -0.1) is 0 Å². The fraction of sp³-hybridized carbons (Fsp3) is 0.900. The van der Waals surface area contributed by atoms with Crippen molar-refractivity contribution >= 4 is 17.0 Å². The summed E-state index contributed by atoms with van der Waals surface area (Å²) in [4.78, 5) is 11.7. The maximum absolute atomic E-state index is 11.7. The van der Waals surface area contributed by atoms with Gasteiger partial charge in [0.15, 0.2) is 0 Å². The van der Waals surface area contributed by atoms with Gasteiger partial charge in [0.2, 0.25) is 0 Å². The lowest BCUT2D eigenvalue weighted by Gasteiger charge is -2.24. The molecule has 0 N–H and O–H groups in total. The second kappa shape index (κ2) is 3.52. The maximum Gasteiger partial charge on any atom is 0.266 e. The summed E-state index contributed by atoms with van der Waals surface area (Å²) in [6, 6.07) is 0. The molecule has 0 aliphatic carbocycles. The van der Waals surface area contributed by atoms with Crippen LogP contribution in [-0.2, 0) is 15.9 Å².